The third kappa shape index (κ3) is 6.06. The lowest BCUT2D eigenvalue weighted by atomic mass is 10.1. The molecule has 0 saturated heterocycles. The van der Waals surface area contributed by atoms with Gasteiger partial charge in [0.2, 0.25) is 0 Å². The van der Waals surface area contributed by atoms with E-state index in [2.05, 4.69) is 23.8 Å². The van der Waals surface area contributed by atoms with Crippen molar-refractivity contribution in [3.8, 4) is 5.75 Å². The second-order valence-corrected chi connectivity index (χ2v) is 8.12. The number of allylic oxidation sites excluding steroid dienone is 1. The molecule has 0 fully saturated rings. The van der Waals surface area contributed by atoms with Gasteiger partial charge in [-0.15, -0.1) is 0 Å². The van der Waals surface area contributed by atoms with Gasteiger partial charge in [0, 0.05) is 18.0 Å². The number of urea groups is 1. The van der Waals surface area contributed by atoms with Gasteiger partial charge >= 0.3 is 6.03 Å². The topological polar surface area (TPSA) is 63.7 Å². The van der Waals surface area contributed by atoms with Gasteiger partial charge in [0.05, 0.1) is 18.8 Å². The van der Waals surface area contributed by atoms with Crippen LogP contribution in [0, 0.1) is 5.82 Å². The molecule has 0 atom stereocenters. The molecule has 0 aliphatic carbocycles. The van der Waals surface area contributed by atoms with E-state index in [4.69, 9.17) is 9.47 Å². The molecule has 6 nitrogen and oxygen atoms in total. The number of aromatic nitrogens is 1. The standard InChI is InChI=1S/C28H28FN3O3/c1-3-4-16-34-20(2)11-12-21-13-14-23(35-19-26-24(29)9-7-15-30-26)17-27(21)32-18-22-8-5-6-10-25(22)31-28(32)33/h5-15,17H,2-4,16,18-19H2,1H3,(H,31,33)/b12-11+. The first-order valence-corrected chi connectivity index (χ1v) is 11.6. The average Bonchev–Trinajstić information content (AvgIpc) is 2.87. The van der Waals surface area contributed by atoms with Crippen LogP contribution in [0.1, 0.15) is 36.6 Å². The summed E-state index contributed by atoms with van der Waals surface area (Å²) in [5, 5.41) is 2.94. The summed E-state index contributed by atoms with van der Waals surface area (Å²) in [7, 11) is 0. The quantitative estimate of drug-likeness (QED) is 0.202. The summed E-state index contributed by atoms with van der Waals surface area (Å²) in [6.45, 7) is 7.02. The lowest BCUT2D eigenvalue weighted by Crippen LogP contribution is -2.39. The highest BCUT2D eigenvalue weighted by molar-refractivity contribution is 6.05. The Morgan fingerprint density at radius 2 is 2.09 bits per heavy atom. The monoisotopic (exact) mass is 473 g/mol. The van der Waals surface area contributed by atoms with Crippen molar-refractivity contribution in [2.75, 3.05) is 16.8 Å². The number of nitrogens with one attached hydrogen (secondary N) is 1. The summed E-state index contributed by atoms with van der Waals surface area (Å²) in [5.41, 5.74) is 3.44. The Morgan fingerprint density at radius 1 is 1.23 bits per heavy atom. The number of hydrogen-bond donors (Lipinski definition) is 1. The van der Waals surface area contributed by atoms with Gasteiger partial charge < -0.3 is 14.8 Å². The SMILES string of the molecule is C=C(/C=C/c1ccc(OCc2ncccc2F)cc1N1Cc2ccccc2NC1=O)OCCCC. The van der Waals surface area contributed by atoms with E-state index < -0.39 is 5.82 Å². The van der Waals surface area contributed by atoms with Crippen molar-refractivity contribution in [1.29, 1.82) is 0 Å². The molecular weight excluding hydrogens is 445 g/mol. The van der Waals surface area contributed by atoms with E-state index in [1.54, 1.807) is 23.1 Å². The Hall–Kier alpha value is -4.13. The summed E-state index contributed by atoms with van der Waals surface area (Å²) in [6, 6.07) is 15.7. The predicted octanol–water partition coefficient (Wildman–Crippen LogP) is 6.70. The zero-order chi connectivity index (χ0) is 24.6. The van der Waals surface area contributed by atoms with E-state index in [9.17, 15) is 9.18 Å². The van der Waals surface area contributed by atoms with Crippen LogP contribution in [0.4, 0.5) is 20.6 Å². The van der Waals surface area contributed by atoms with E-state index in [-0.39, 0.29) is 18.3 Å². The molecule has 1 aromatic heterocycles. The highest BCUT2D eigenvalue weighted by Crippen LogP contribution is 2.33. The minimum atomic E-state index is -0.430. The molecule has 1 N–H and O–H groups in total. The van der Waals surface area contributed by atoms with Crippen LogP contribution in [0.2, 0.25) is 0 Å². The molecule has 0 radical (unpaired) electrons. The molecule has 0 spiro atoms. The molecule has 1 aliphatic rings. The second kappa shape index (κ2) is 11.3. The van der Waals surface area contributed by atoms with Gasteiger partial charge in [-0.1, -0.05) is 38.1 Å². The maximum atomic E-state index is 14.0. The number of carbonyl (C=O) groups excluding carboxylic acids is 1. The number of amides is 2. The van der Waals surface area contributed by atoms with E-state index in [0.717, 1.165) is 29.7 Å². The fourth-order valence-corrected chi connectivity index (χ4v) is 3.64. The highest BCUT2D eigenvalue weighted by Gasteiger charge is 2.25. The molecule has 2 heterocycles. The van der Waals surface area contributed by atoms with Crippen LogP contribution in [-0.2, 0) is 17.9 Å². The van der Waals surface area contributed by atoms with E-state index in [0.29, 0.717) is 30.3 Å². The van der Waals surface area contributed by atoms with Crippen LogP contribution in [0.3, 0.4) is 0 Å². The molecule has 35 heavy (non-hydrogen) atoms. The number of halogens is 1. The number of unbranched alkanes of at least 4 members (excludes halogenated alkanes) is 1. The van der Waals surface area contributed by atoms with E-state index in [1.165, 1.54) is 18.3 Å². The fourth-order valence-electron chi connectivity index (χ4n) is 3.64. The number of benzene rings is 2. The maximum absolute atomic E-state index is 14.0. The number of nitrogens with zero attached hydrogens (tertiary/aromatic N) is 2. The van der Waals surface area contributed by atoms with E-state index >= 15 is 0 Å². The molecule has 3 aromatic rings. The van der Waals surface area contributed by atoms with Crippen LogP contribution < -0.4 is 15.0 Å². The molecule has 4 rings (SSSR count). The summed E-state index contributed by atoms with van der Waals surface area (Å²) >= 11 is 0. The fraction of sp³-hybridized carbons (Fsp3) is 0.214. The summed E-state index contributed by atoms with van der Waals surface area (Å²) in [5.74, 6) is 0.608. The van der Waals surface area contributed by atoms with Crippen LogP contribution in [0.15, 0.2) is 79.2 Å². The van der Waals surface area contributed by atoms with Crippen molar-refractivity contribution in [3.63, 3.8) is 0 Å². The highest BCUT2D eigenvalue weighted by atomic mass is 19.1. The molecular formula is C28H28FN3O3. The first kappa shape index (κ1) is 24.0. The Bertz CT molecular complexity index is 1240. The van der Waals surface area contributed by atoms with Crippen molar-refractivity contribution in [2.24, 2.45) is 0 Å². The van der Waals surface area contributed by atoms with Crippen LogP contribution in [-0.4, -0.2) is 17.6 Å². The largest absolute Gasteiger partial charge is 0.494 e. The Labute approximate surface area is 204 Å². The lowest BCUT2D eigenvalue weighted by molar-refractivity contribution is 0.221. The van der Waals surface area contributed by atoms with Crippen LogP contribution in [0.5, 0.6) is 5.75 Å². The van der Waals surface area contributed by atoms with Gasteiger partial charge in [-0.05, 0) is 60.0 Å². The van der Waals surface area contributed by atoms with Crippen molar-refractivity contribution in [3.05, 3.63) is 102 Å². The molecule has 180 valence electrons. The molecule has 0 bridgehead atoms. The number of ether oxygens (including phenoxy) is 2. The predicted molar refractivity (Wildman–Crippen MR) is 136 cm³/mol. The van der Waals surface area contributed by atoms with Crippen molar-refractivity contribution in [2.45, 2.75) is 32.9 Å². The van der Waals surface area contributed by atoms with Crippen LogP contribution in [0.25, 0.3) is 6.08 Å². The van der Waals surface area contributed by atoms with Gasteiger partial charge in [0.1, 0.15) is 29.6 Å². The van der Waals surface area contributed by atoms with E-state index in [1.807, 2.05) is 36.4 Å². The molecule has 2 amide bonds. The number of anilines is 2. The lowest BCUT2D eigenvalue weighted by Gasteiger charge is -2.30. The Balaban J connectivity index is 1.61. The second-order valence-electron chi connectivity index (χ2n) is 8.12. The van der Waals surface area contributed by atoms with Gasteiger partial charge in [-0.25, -0.2) is 9.18 Å². The van der Waals surface area contributed by atoms with Crippen molar-refractivity contribution in [1.82, 2.24) is 4.98 Å². The molecule has 0 saturated carbocycles. The third-order valence-electron chi connectivity index (χ3n) is 5.57. The Kier molecular flexibility index (Phi) is 7.77. The van der Waals surface area contributed by atoms with Gasteiger partial charge in [0.25, 0.3) is 0 Å². The number of rotatable bonds is 10. The first-order valence-electron chi connectivity index (χ1n) is 11.6. The third-order valence-corrected chi connectivity index (χ3v) is 5.57. The molecule has 1 aliphatic heterocycles. The van der Waals surface area contributed by atoms with Gasteiger partial charge in [-0.3, -0.25) is 9.88 Å². The van der Waals surface area contributed by atoms with Gasteiger partial charge in [-0.2, -0.15) is 0 Å². The maximum Gasteiger partial charge on any atom is 0.326 e. The zero-order valence-corrected chi connectivity index (χ0v) is 19.7. The number of pyridine rings is 1. The Morgan fingerprint density at radius 3 is 2.91 bits per heavy atom. The first-order chi connectivity index (χ1) is 17.0. The zero-order valence-electron chi connectivity index (χ0n) is 19.7. The minimum Gasteiger partial charge on any atom is -0.494 e. The number of carbonyl (C=O) groups is 1. The number of para-hydroxylation sites is 1. The molecule has 2 aromatic carbocycles. The smallest absolute Gasteiger partial charge is 0.326 e. The number of fused-ring (bicyclic) bond motifs is 1. The molecule has 0 unspecified atom stereocenters. The minimum absolute atomic E-state index is 0.0294. The normalized spacial score (nSPS) is 12.9. The van der Waals surface area contributed by atoms with Gasteiger partial charge in [0.15, 0.2) is 0 Å². The number of hydrogen-bond acceptors (Lipinski definition) is 4. The summed E-state index contributed by atoms with van der Waals surface area (Å²) < 4.78 is 25.4. The average molecular weight is 474 g/mol. The van der Waals surface area contributed by atoms with Crippen molar-refractivity contribution >= 4 is 23.5 Å². The molecule has 7 heteroatoms. The summed E-state index contributed by atoms with van der Waals surface area (Å²) in [6.07, 6.45) is 7.16. The van der Waals surface area contributed by atoms with Crippen LogP contribution >= 0.6 is 0 Å². The summed E-state index contributed by atoms with van der Waals surface area (Å²) in [4.78, 5) is 18.7. The van der Waals surface area contributed by atoms with Crippen molar-refractivity contribution < 1.29 is 18.7 Å².